The molecule has 0 aliphatic heterocycles. The number of benzene rings is 2. The number of rotatable bonds is 2. The van der Waals surface area contributed by atoms with Gasteiger partial charge in [0.15, 0.2) is 0 Å². The van der Waals surface area contributed by atoms with E-state index in [2.05, 4.69) is 0 Å². The van der Waals surface area contributed by atoms with Gasteiger partial charge in [0.05, 0.1) is 11.1 Å². The van der Waals surface area contributed by atoms with Crippen molar-refractivity contribution in [2.24, 2.45) is 0 Å². The Morgan fingerprint density at radius 1 is 0.700 bits per heavy atom. The molecule has 0 heterocycles. The van der Waals surface area contributed by atoms with Crippen molar-refractivity contribution in [2.45, 2.75) is 0 Å². The van der Waals surface area contributed by atoms with Gasteiger partial charge in [0.2, 0.25) is 0 Å². The van der Waals surface area contributed by atoms with Crippen molar-refractivity contribution in [3.63, 3.8) is 0 Å². The van der Waals surface area contributed by atoms with E-state index in [0.29, 0.717) is 0 Å². The first-order valence-corrected chi connectivity index (χ1v) is 5.18. The summed E-state index contributed by atoms with van der Waals surface area (Å²) in [6.45, 7) is 0. The SMILES string of the molecule is O=C(O)c1cccc(C(=O)O)c1.[Eu].[Tb].c1ccccc1. The van der Waals surface area contributed by atoms with Crippen LogP contribution in [-0.4, -0.2) is 22.2 Å². The molecule has 0 saturated heterocycles. The molecule has 4 nitrogen and oxygen atoms in total. The molecule has 2 radical (unpaired) electrons. The summed E-state index contributed by atoms with van der Waals surface area (Å²) < 4.78 is 0. The molecule has 0 aliphatic carbocycles. The predicted molar refractivity (Wildman–Crippen MR) is 66.8 cm³/mol. The van der Waals surface area contributed by atoms with Crippen LogP contribution >= 0.6 is 0 Å². The molecule has 6 heteroatoms. The molecule has 0 aliphatic rings. The molecule has 0 fully saturated rings. The molecular formula is C14H12EuO4Tb. The summed E-state index contributed by atoms with van der Waals surface area (Å²) >= 11 is 0. The Labute approximate surface area is 188 Å². The number of carboxylic acid groups (broad SMARTS) is 2. The minimum Gasteiger partial charge on any atom is -0.478 e. The fraction of sp³-hybridized carbons (Fsp3) is 0. The van der Waals surface area contributed by atoms with Crippen molar-refractivity contribution in [2.75, 3.05) is 0 Å². The fourth-order valence-corrected chi connectivity index (χ4v) is 1.17. The number of aromatic carboxylic acids is 2. The summed E-state index contributed by atoms with van der Waals surface area (Å²) in [5.74, 6) is -2.25. The van der Waals surface area contributed by atoms with E-state index in [1.165, 1.54) is 18.2 Å². The zero-order valence-corrected chi connectivity index (χ0v) is 14.8. The first kappa shape index (κ1) is 22.5. The standard InChI is InChI=1S/C8H6O4.C6H6.Eu.Tb/c9-7(10)5-2-1-3-6(4-5)8(11)12;1-2-4-6-5-3-1;;/h1-4H,(H,9,10)(H,11,12);1-6H;;. The maximum Gasteiger partial charge on any atom is 0.335 e. The third-order valence-corrected chi connectivity index (χ3v) is 2.02. The van der Waals surface area contributed by atoms with E-state index < -0.39 is 11.9 Å². The molecule has 0 bridgehead atoms. The second-order valence-electron chi connectivity index (χ2n) is 3.35. The van der Waals surface area contributed by atoms with Crippen LogP contribution in [0.3, 0.4) is 0 Å². The van der Waals surface area contributed by atoms with Gasteiger partial charge in [-0.25, -0.2) is 9.59 Å². The van der Waals surface area contributed by atoms with Crippen molar-refractivity contribution in [3.8, 4) is 0 Å². The van der Waals surface area contributed by atoms with Crippen LogP contribution in [0.15, 0.2) is 60.7 Å². The molecule has 0 unspecified atom stereocenters. The summed E-state index contributed by atoms with van der Waals surface area (Å²) in [7, 11) is 0. The zero-order chi connectivity index (χ0) is 13.4. The van der Waals surface area contributed by atoms with E-state index in [1.54, 1.807) is 0 Å². The molecule has 20 heavy (non-hydrogen) atoms. The minimum atomic E-state index is -1.13. The Hall–Kier alpha value is 0.250. The fourth-order valence-electron chi connectivity index (χ4n) is 1.17. The van der Waals surface area contributed by atoms with Gasteiger partial charge in [0, 0.05) is 88.0 Å². The molecule has 2 aromatic rings. The monoisotopic (exact) mass is 556 g/mol. The second kappa shape index (κ2) is 13.0. The van der Waals surface area contributed by atoms with E-state index in [4.69, 9.17) is 10.2 Å². The third kappa shape index (κ3) is 9.23. The van der Waals surface area contributed by atoms with Crippen LogP contribution in [0.5, 0.6) is 0 Å². The molecule has 0 spiro atoms. The first-order chi connectivity index (χ1) is 8.61. The van der Waals surface area contributed by atoms with Gasteiger partial charge in [-0.05, 0) is 18.2 Å². The largest absolute Gasteiger partial charge is 0.478 e. The molecule has 0 atom stereocenters. The molecule has 2 rings (SSSR count). The van der Waals surface area contributed by atoms with Gasteiger partial charge in [-0.3, -0.25) is 0 Å². The Morgan fingerprint density at radius 3 is 1.25 bits per heavy atom. The van der Waals surface area contributed by atoms with Gasteiger partial charge >= 0.3 is 11.9 Å². The zero-order valence-electron chi connectivity index (χ0n) is 10.2. The van der Waals surface area contributed by atoms with Crippen LogP contribution in [0.4, 0.5) is 0 Å². The molecule has 0 amide bonds. The maximum atomic E-state index is 10.4. The minimum absolute atomic E-state index is 0. The Bertz CT molecular complexity index is 476. The van der Waals surface area contributed by atoms with Crippen LogP contribution in [-0.2, 0) is 0 Å². The third-order valence-electron chi connectivity index (χ3n) is 2.02. The average molecular weight is 555 g/mol. The summed E-state index contributed by atoms with van der Waals surface area (Å²) in [6, 6.07) is 17.2. The van der Waals surface area contributed by atoms with Gasteiger partial charge in [-0.1, -0.05) is 42.5 Å². The van der Waals surface area contributed by atoms with Crippen molar-refractivity contribution >= 4 is 11.9 Å². The quantitative estimate of drug-likeness (QED) is 0.599. The molecule has 2 N–H and O–H groups in total. The van der Waals surface area contributed by atoms with Crippen LogP contribution in [0.25, 0.3) is 0 Å². The molecular weight excluding hydrogens is 543 g/mol. The van der Waals surface area contributed by atoms with E-state index in [-0.39, 0.29) is 99.1 Å². The van der Waals surface area contributed by atoms with E-state index in [1.807, 2.05) is 36.4 Å². The number of carboxylic acids is 2. The average Bonchev–Trinajstić information content (AvgIpc) is 2.41. The maximum absolute atomic E-state index is 10.4. The van der Waals surface area contributed by atoms with Crippen LogP contribution in [0, 0.1) is 88.0 Å². The Balaban J connectivity index is 0. The first-order valence-electron chi connectivity index (χ1n) is 5.18. The number of hydrogen-bond acceptors (Lipinski definition) is 2. The van der Waals surface area contributed by atoms with E-state index in [9.17, 15) is 9.59 Å². The topological polar surface area (TPSA) is 74.6 Å². The van der Waals surface area contributed by atoms with Gasteiger partial charge < -0.3 is 10.2 Å². The molecule has 108 valence electrons. The van der Waals surface area contributed by atoms with Crippen LogP contribution < -0.4 is 0 Å². The van der Waals surface area contributed by atoms with Crippen molar-refractivity contribution in [1.82, 2.24) is 0 Å². The van der Waals surface area contributed by atoms with Crippen LogP contribution in [0.1, 0.15) is 20.7 Å². The summed E-state index contributed by atoms with van der Waals surface area (Å²) in [6.07, 6.45) is 0. The van der Waals surface area contributed by atoms with Gasteiger partial charge in [-0.2, -0.15) is 0 Å². The van der Waals surface area contributed by atoms with E-state index in [0.717, 1.165) is 6.07 Å². The summed E-state index contributed by atoms with van der Waals surface area (Å²) in [5, 5.41) is 17.0. The van der Waals surface area contributed by atoms with Crippen LogP contribution in [0.2, 0.25) is 0 Å². The van der Waals surface area contributed by atoms with Crippen molar-refractivity contribution in [1.29, 1.82) is 0 Å². The van der Waals surface area contributed by atoms with Crippen molar-refractivity contribution in [3.05, 3.63) is 71.8 Å². The summed E-state index contributed by atoms with van der Waals surface area (Å²) in [5.41, 5.74) is -0.0372. The normalized spacial score (nSPS) is 8.00. The summed E-state index contributed by atoms with van der Waals surface area (Å²) in [4.78, 5) is 20.8. The Morgan fingerprint density at radius 2 is 1.00 bits per heavy atom. The smallest absolute Gasteiger partial charge is 0.335 e. The van der Waals surface area contributed by atoms with E-state index >= 15 is 0 Å². The Kier molecular flexibility index (Phi) is 14.6. The van der Waals surface area contributed by atoms with Crippen molar-refractivity contribution < 1.29 is 108 Å². The number of carbonyl (C=O) groups is 2. The molecule has 0 saturated carbocycles. The predicted octanol–water partition coefficient (Wildman–Crippen LogP) is 2.77. The molecule has 2 aromatic carbocycles. The second-order valence-corrected chi connectivity index (χ2v) is 3.35. The molecule has 0 aromatic heterocycles. The van der Waals surface area contributed by atoms with Gasteiger partial charge in [0.25, 0.3) is 0 Å². The van der Waals surface area contributed by atoms with Gasteiger partial charge in [0.1, 0.15) is 0 Å². The number of hydrogen-bond donors (Lipinski definition) is 2. The van der Waals surface area contributed by atoms with Gasteiger partial charge in [-0.15, -0.1) is 0 Å².